The number of carbonyl (C=O) groups excluding carboxylic acids is 4. The van der Waals surface area contributed by atoms with Crippen molar-refractivity contribution in [3.05, 3.63) is 160 Å². The second kappa shape index (κ2) is 13.0. The van der Waals surface area contributed by atoms with Crippen LogP contribution in [0.15, 0.2) is 139 Å². The van der Waals surface area contributed by atoms with E-state index in [1.165, 1.54) is 15.9 Å². The van der Waals surface area contributed by atoms with E-state index in [9.17, 15) is 19.5 Å². The molecule has 9 rings (SSSR count). The second-order valence-corrected chi connectivity index (χ2v) is 15.2. The molecular formula is C44H33Cl2N3O5. The minimum absolute atomic E-state index is 0.0942. The van der Waals surface area contributed by atoms with Gasteiger partial charge in [-0.25, -0.2) is 4.90 Å². The number of anilines is 4. The van der Waals surface area contributed by atoms with Crippen molar-refractivity contribution < 1.29 is 24.3 Å². The van der Waals surface area contributed by atoms with Crippen molar-refractivity contribution >= 4 is 69.6 Å². The first-order valence-electron chi connectivity index (χ1n) is 17.9. The summed E-state index contributed by atoms with van der Waals surface area (Å²) in [6.07, 6.45) is 2.34. The number of fused-ring (bicyclic) bond motifs is 4. The molecule has 2 aliphatic heterocycles. The number of imide groups is 2. The lowest BCUT2D eigenvalue weighted by Gasteiger charge is -2.50. The third-order valence-electron chi connectivity index (χ3n) is 11.7. The summed E-state index contributed by atoms with van der Waals surface area (Å²) in [6.45, 7) is 0. The zero-order valence-electron chi connectivity index (χ0n) is 28.7. The summed E-state index contributed by atoms with van der Waals surface area (Å²) in [5, 5.41) is 15.6. The van der Waals surface area contributed by atoms with Crippen LogP contribution >= 0.6 is 23.2 Å². The molecule has 0 aromatic heterocycles. The Balaban J connectivity index is 1.17. The maximum Gasteiger partial charge on any atom is 0.246 e. The standard InChI is InChI=1S/C44H33Cl2N3O5/c45-26-10-7-13-31(22-26)49-41(52)36-24-34-32(39(35-23-27(46)14-21-37(35)50)44(36,43(49)54)25-8-3-1-4-9-25)19-20-33-38(34)42(53)48(40(33)51)30-17-15-29(16-18-30)47-28-11-5-2-6-12-28/h1-19,21-23,33-34,36,38-39,47,50H,20,24H2/t33-,34+,36-,38-,39+,44+/m0/s1. The van der Waals surface area contributed by atoms with Gasteiger partial charge in [-0.3, -0.25) is 24.1 Å². The molecule has 2 aliphatic carbocycles. The summed E-state index contributed by atoms with van der Waals surface area (Å²) in [5.74, 6) is -5.56. The molecule has 10 heteroatoms. The molecule has 268 valence electrons. The molecule has 1 saturated carbocycles. The Morgan fingerprint density at radius 1 is 0.648 bits per heavy atom. The van der Waals surface area contributed by atoms with Crippen LogP contribution in [0.4, 0.5) is 22.7 Å². The number of rotatable bonds is 6. The van der Waals surface area contributed by atoms with Gasteiger partial charge in [-0.15, -0.1) is 0 Å². The molecule has 4 aliphatic rings. The third kappa shape index (κ3) is 5.11. The second-order valence-electron chi connectivity index (χ2n) is 14.3. The SMILES string of the molecule is O=C1[C@H]2[C@H](CC=C3[C@H]2C[C@H]2C(=O)N(c4cccc(Cl)c4)C(=O)[C@@]2(c2ccccc2)[C@H]3c2cc(Cl)ccc2O)C(=O)N1c1ccc(Nc2ccccc2)cc1. The number of phenolic OH excluding ortho intramolecular Hbond substituents is 1. The van der Waals surface area contributed by atoms with Crippen molar-refractivity contribution in [3.63, 3.8) is 0 Å². The molecule has 5 aromatic rings. The molecule has 0 unspecified atom stereocenters. The third-order valence-corrected chi connectivity index (χ3v) is 12.1. The lowest BCUT2D eigenvalue weighted by molar-refractivity contribution is -0.127. The van der Waals surface area contributed by atoms with Crippen LogP contribution in [-0.2, 0) is 24.6 Å². The number of para-hydroxylation sites is 1. The number of benzene rings is 5. The number of phenols is 1. The Bertz CT molecular complexity index is 2380. The summed E-state index contributed by atoms with van der Waals surface area (Å²) in [5.41, 5.74) is 2.66. The maximum absolute atomic E-state index is 15.3. The van der Waals surface area contributed by atoms with Gasteiger partial charge in [0.25, 0.3) is 0 Å². The number of hydrogen-bond acceptors (Lipinski definition) is 6. The van der Waals surface area contributed by atoms with Crippen LogP contribution in [0.25, 0.3) is 0 Å². The van der Waals surface area contributed by atoms with E-state index in [-0.39, 0.29) is 30.4 Å². The smallest absolute Gasteiger partial charge is 0.246 e. The lowest BCUT2D eigenvalue weighted by Crippen LogP contribution is -2.53. The highest BCUT2D eigenvalue weighted by Gasteiger charge is 2.70. The number of nitrogens with one attached hydrogen (secondary N) is 1. The largest absolute Gasteiger partial charge is 0.508 e. The van der Waals surface area contributed by atoms with E-state index in [0.29, 0.717) is 32.5 Å². The van der Waals surface area contributed by atoms with Gasteiger partial charge in [-0.1, -0.05) is 89.4 Å². The molecule has 2 N–H and O–H groups in total. The van der Waals surface area contributed by atoms with Crippen molar-refractivity contribution in [2.45, 2.75) is 24.2 Å². The zero-order valence-corrected chi connectivity index (χ0v) is 30.2. The molecule has 5 aromatic carbocycles. The van der Waals surface area contributed by atoms with Gasteiger partial charge in [0.1, 0.15) is 5.75 Å². The first-order chi connectivity index (χ1) is 26.2. The van der Waals surface area contributed by atoms with Gasteiger partial charge in [-0.2, -0.15) is 0 Å². The Hall–Kier alpha value is -5.70. The van der Waals surface area contributed by atoms with Crippen LogP contribution in [0.3, 0.4) is 0 Å². The first-order valence-corrected chi connectivity index (χ1v) is 18.6. The monoisotopic (exact) mass is 753 g/mol. The van der Waals surface area contributed by atoms with Crippen LogP contribution in [0, 0.1) is 23.7 Å². The molecule has 8 nitrogen and oxygen atoms in total. The maximum atomic E-state index is 15.3. The number of allylic oxidation sites excluding steroid dienone is 2. The minimum atomic E-state index is -1.52. The predicted molar refractivity (Wildman–Crippen MR) is 208 cm³/mol. The topological polar surface area (TPSA) is 107 Å². The molecule has 0 bridgehead atoms. The number of nitrogens with zero attached hydrogens (tertiary/aromatic N) is 2. The van der Waals surface area contributed by atoms with Gasteiger partial charge < -0.3 is 10.4 Å². The highest BCUT2D eigenvalue weighted by molar-refractivity contribution is 6.32. The van der Waals surface area contributed by atoms with Crippen LogP contribution < -0.4 is 15.1 Å². The van der Waals surface area contributed by atoms with Crippen LogP contribution in [0.5, 0.6) is 5.75 Å². The van der Waals surface area contributed by atoms with Gasteiger partial charge in [0, 0.05) is 32.9 Å². The van der Waals surface area contributed by atoms with Gasteiger partial charge in [0.05, 0.1) is 34.5 Å². The minimum Gasteiger partial charge on any atom is -0.508 e. The Morgan fingerprint density at radius 2 is 1.33 bits per heavy atom. The van der Waals surface area contributed by atoms with Crippen molar-refractivity contribution in [1.82, 2.24) is 0 Å². The van der Waals surface area contributed by atoms with Crippen molar-refractivity contribution in [2.75, 3.05) is 15.1 Å². The van der Waals surface area contributed by atoms with E-state index >= 15 is 4.79 Å². The molecule has 0 spiro atoms. The van der Waals surface area contributed by atoms with Gasteiger partial charge in [0.2, 0.25) is 23.6 Å². The summed E-state index contributed by atoms with van der Waals surface area (Å²) >= 11 is 13.0. The number of halogens is 2. The fraction of sp³-hybridized carbons (Fsp3) is 0.182. The summed E-state index contributed by atoms with van der Waals surface area (Å²) in [7, 11) is 0. The molecule has 4 amide bonds. The fourth-order valence-electron chi connectivity index (χ4n) is 9.48. The Kier molecular flexibility index (Phi) is 8.21. The zero-order chi connectivity index (χ0) is 37.3. The number of hydrogen-bond donors (Lipinski definition) is 2. The number of amides is 4. The average molecular weight is 755 g/mol. The van der Waals surface area contributed by atoms with Gasteiger partial charge in [0.15, 0.2) is 0 Å². The first kappa shape index (κ1) is 34.1. The van der Waals surface area contributed by atoms with E-state index in [2.05, 4.69) is 5.32 Å². The summed E-state index contributed by atoms with van der Waals surface area (Å²) in [6, 6.07) is 37.3. The molecule has 2 saturated heterocycles. The highest BCUT2D eigenvalue weighted by Crippen LogP contribution is 2.65. The van der Waals surface area contributed by atoms with E-state index in [4.69, 9.17) is 23.2 Å². The predicted octanol–water partition coefficient (Wildman–Crippen LogP) is 8.81. The summed E-state index contributed by atoms with van der Waals surface area (Å²) in [4.78, 5) is 61.6. The number of carbonyl (C=O) groups is 4. The van der Waals surface area contributed by atoms with E-state index in [1.807, 2.05) is 78.9 Å². The molecule has 6 atom stereocenters. The number of aromatic hydroxyl groups is 1. The molecule has 54 heavy (non-hydrogen) atoms. The van der Waals surface area contributed by atoms with E-state index in [0.717, 1.165) is 16.9 Å². The fourth-order valence-corrected chi connectivity index (χ4v) is 9.85. The van der Waals surface area contributed by atoms with Gasteiger partial charge >= 0.3 is 0 Å². The Morgan fingerprint density at radius 3 is 2.06 bits per heavy atom. The molecule has 0 radical (unpaired) electrons. The van der Waals surface area contributed by atoms with Crippen LogP contribution in [0.2, 0.25) is 10.0 Å². The molecule has 3 fully saturated rings. The normalized spacial score (nSPS) is 26.0. The molecular weight excluding hydrogens is 721 g/mol. The lowest BCUT2D eigenvalue weighted by atomic mass is 9.49. The van der Waals surface area contributed by atoms with E-state index < -0.39 is 46.8 Å². The van der Waals surface area contributed by atoms with Crippen molar-refractivity contribution in [3.8, 4) is 5.75 Å². The summed E-state index contributed by atoms with van der Waals surface area (Å²) < 4.78 is 0. The van der Waals surface area contributed by atoms with E-state index in [1.54, 1.807) is 48.5 Å². The molecule has 2 heterocycles. The van der Waals surface area contributed by atoms with Crippen molar-refractivity contribution in [2.24, 2.45) is 23.7 Å². The van der Waals surface area contributed by atoms with Gasteiger partial charge in [-0.05, 0) is 97.1 Å². The highest BCUT2D eigenvalue weighted by atomic mass is 35.5. The van der Waals surface area contributed by atoms with Crippen molar-refractivity contribution in [1.29, 1.82) is 0 Å². The average Bonchev–Trinajstić information content (AvgIpc) is 3.57. The quantitative estimate of drug-likeness (QED) is 0.133. The van der Waals surface area contributed by atoms with Crippen LogP contribution in [0.1, 0.15) is 29.9 Å². The van der Waals surface area contributed by atoms with Crippen LogP contribution in [-0.4, -0.2) is 28.7 Å². The Labute approximate surface area is 321 Å².